The number of phenols is 1. The molecule has 5 rings (SSSR count). The average Bonchev–Trinajstić information content (AvgIpc) is 3.46. The van der Waals surface area contributed by atoms with Crippen LogP contribution >= 0.6 is 0 Å². The summed E-state index contributed by atoms with van der Waals surface area (Å²) < 4.78 is 1.23. The molecule has 0 aliphatic heterocycles. The molecule has 5 aromatic rings. The minimum atomic E-state index is -0.666. The number of aromatic hydroxyl groups is 1. The van der Waals surface area contributed by atoms with Crippen LogP contribution in [-0.2, 0) is 4.79 Å². The summed E-state index contributed by atoms with van der Waals surface area (Å²) in [6.07, 6.45) is 4.29. The molecular formula is C30H24N10O4. The van der Waals surface area contributed by atoms with E-state index in [1.54, 1.807) is 49.4 Å². The first-order valence-electron chi connectivity index (χ1n) is 13.2. The lowest BCUT2D eigenvalue weighted by atomic mass is 9.98. The van der Waals surface area contributed by atoms with E-state index in [1.807, 2.05) is 0 Å². The van der Waals surface area contributed by atoms with Gasteiger partial charge in [0.2, 0.25) is 5.91 Å². The van der Waals surface area contributed by atoms with E-state index in [0.717, 1.165) is 0 Å². The SMILES string of the molecule is [C-]#[N+]c1cnn(-c2ncccn2)c1/N=N/c1cc2ccc(C(=O)NCC(=O)NCC)cc2c(C(=O)Nc2ccccc2)c1O. The van der Waals surface area contributed by atoms with E-state index in [2.05, 4.69) is 46.1 Å². The Morgan fingerprint density at radius 2 is 1.75 bits per heavy atom. The van der Waals surface area contributed by atoms with Crippen molar-refractivity contribution in [2.45, 2.75) is 6.92 Å². The summed E-state index contributed by atoms with van der Waals surface area (Å²) in [5.74, 6) is -1.90. The Hall–Kier alpha value is -6.49. The highest BCUT2D eigenvalue weighted by Gasteiger charge is 2.22. The molecule has 3 amide bonds. The van der Waals surface area contributed by atoms with Crippen LogP contribution in [0, 0.1) is 6.57 Å². The lowest BCUT2D eigenvalue weighted by molar-refractivity contribution is -0.120. The molecule has 0 atom stereocenters. The molecule has 3 aromatic carbocycles. The molecule has 0 aliphatic rings. The summed E-state index contributed by atoms with van der Waals surface area (Å²) >= 11 is 0. The first-order chi connectivity index (χ1) is 21.4. The van der Waals surface area contributed by atoms with E-state index in [4.69, 9.17) is 6.57 Å². The zero-order valence-electron chi connectivity index (χ0n) is 23.2. The topological polar surface area (TPSA) is 180 Å². The number of fused-ring (bicyclic) bond motifs is 1. The monoisotopic (exact) mass is 588 g/mol. The quantitative estimate of drug-likeness (QED) is 0.143. The minimum absolute atomic E-state index is 0.0140. The van der Waals surface area contributed by atoms with Crippen LogP contribution in [0.3, 0.4) is 0 Å². The maximum Gasteiger partial charge on any atom is 0.260 e. The Kier molecular flexibility index (Phi) is 8.57. The fraction of sp³-hybridized carbons (Fsp3) is 0.100. The number of carbonyl (C=O) groups excluding carboxylic acids is 3. The van der Waals surface area contributed by atoms with Crippen molar-refractivity contribution in [1.82, 2.24) is 30.4 Å². The number of benzene rings is 3. The molecule has 0 spiro atoms. The van der Waals surface area contributed by atoms with Crippen molar-refractivity contribution in [3.05, 3.63) is 102 Å². The number of anilines is 1. The molecule has 2 aromatic heterocycles. The summed E-state index contributed by atoms with van der Waals surface area (Å²) in [5.41, 5.74) is 0.455. The van der Waals surface area contributed by atoms with Crippen LogP contribution in [0.5, 0.6) is 5.75 Å². The number of aromatic nitrogens is 4. The number of hydrogen-bond donors (Lipinski definition) is 4. The van der Waals surface area contributed by atoms with Crippen molar-refractivity contribution in [1.29, 1.82) is 0 Å². The van der Waals surface area contributed by atoms with Crippen LogP contribution in [0.4, 0.5) is 22.9 Å². The second-order valence-electron chi connectivity index (χ2n) is 9.14. The summed E-state index contributed by atoms with van der Waals surface area (Å²) in [5, 5.41) is 32.4. The maximum absolute atomic E-state index is 13.6. The van der Waals surface area contributed by atoms with Gasteiger partial charge in [-0.3, -0.25) is 14.4 Å². The smallest absolute Gasteiger partial charge is 0.260 e. The molecule has 0 unspecified atom stereocenters. The molecule has 0 radical (unpaired) electrons. The summed E-state index contributed by atoms with van der Waals surface area (Å²) in [4.78, 5) is 49.9. The van der Waals surface area contributed by atoms with E-state index in [1.165, 1.54) is 41.5 Å². The standard InChI is InChI=1S/C30H24N10O4/c1-3-32-24(41)17-35-28(43)19-11-10-18-15-22(26(42)25(21(18)14-19)29(44)37-20-8-5-4-6-9-20)38-39-27-23(31-2)16-36-40(27)30-33-12-7-13-34-30/h4-16,42H,3,17H2,1H3,(H,32,41)(H,35,43)(H,37,44)/b39-38+. The summed E-state index contributed by atoms with van der Waals surface area (Å²) in [6.45, 7) is 9.45. The van der Waals surface area contributed by atoms with Gasteiger partial charge in [0.15, 0.2) is 11.6 Å². The van der Waals surface area contributed by atoms with E-state index in [-0.39, 0.29) is 52.1 Å². The molecule has 0 saturated heterocycles. The van der Waals surface area contributed by atoms with Gasteiger partial charge in [-0.1, -0.05) is 24.3 Å². The largest absolute Gasteiger partial charge is 0.505 e. The summed E-state index contributed by atoms with van der Waals surface area (Å²) in [6, 6.07) is 16.3. The first kappa shape index (κ1) is 29.0. The molecule has 0 saturated carbocycles. The number of azo groups is 1. The minimum Gasteiger partial charge on any atom is -0.505 e. The second kappa shape index (κ2) is 13.0. The van der Waals surface area contributed by atoms with Gasteiger partial charge in [0.25, 0.3) is 23.5 Å². The van der Waals surface area contributed by atoms with Gasteiger partial charge < -0.3 is 21.1 Å². The Morgan fingerprint density at radius 3 is 2.48 bits per heavy atom. The van der Waals surface area contributed by atoms with Gasteiger partial charge in [0, 0.05) is 30.2 Å². The van der Waals surface area contributed by atoms with Crippen molar-refractivity contribution in [2.24, 2.45) is 10.2 Å². The number of hydrogen-bond acceptors (Lipinski definition) is 9. The average molecular weight is 589 g/mol. The third kappa shape index (κ3) is 6.21. The molecule has 14 nitrogen and oxygen atoms in total. The van der Waals surface area contributed by atoms with E-state index in [9.17, 15) is 19.5 Å². The molecule has 218 valence electrons. The molecule has 0 aliphatic carbocycles. The van der Waals surface area contributed by atoms with E-state index < -0.39 is 17.6 Å². The zero-order chi connectivity index (χ0) is 31.1. The number of para-hydroxylation sites is 1. The molecule has 4 N–H and O–H groups in total. The van der Waals surface area contributed by atoms with Crippen molar-refractivity contribution >= 4 is 51.4 Å². The maximum atomic E-state index is 13.6. The van der Waals surface area contributed by atoms with Crippen LogP contribution in [0.2, 0.25) is 0 Å². The normalized spacial score (nSPS) is 10.8. The number of carbonyl (C=O) groups is 3. The molecule has 0 fully saturated rings. The van der Waals surface area contributed by atoms with E-state index >= 15 is 0 Å². The Morgan fingerprint density at radius 1 is 0.977 bits per heavy atom. The van der Waals surface area contributed by atoms with Crippen LogP contribution in [0.1, 0.15) is 27.6 Å². The molecule has 14 heteroatoms. The number of phenolic OH excluding ortho intramolecular Hbond substituents is 1. The fourth-order valence-corrected chi connectivity index (χ4v) is 4.21. The zero-order valence-corrected chi connectivity index (χ0v) is 23.2. The third-order valence-electron chi connectivity index (χ3n) is 6.24. The summed E-state index contributed by atoms with van der Waals surface area (Å²) in [7, 11) is 0. The second-order valence-corrected chi connectivity index (χ2v) is 9.14. The number of nitrogens with one attached hydrogen (secondary N) is 3. The van der Waals surface area contributed by atoms with Gasteiger partial charge in [0.1, 0.15) is 5.69 Å². The number of likely N-dealkylation sites (N-methyl/N-ethyl adjacent to an activating group) is 1. The van der Waals surface area contributed by atoms with Gasteiger partial charge in [-0.2, -0.15) is 9.78 Å². The van der Waals surface area contributed by atoms with Crippen LogP contribution in [0.25, 0.3) is 21.6 Å². The van der Waals surface area contributed by atoms with E-state index in [0.29, 0.717) is 17.6 Å². The van der Waals surface area contributed by atoms with Crippen LogP contribution < -0.4 is 16.0 Å². The van der Waals surface area contributed by atoms with Crippen molar-refractivity contribution in [3.63, 3.8) is 0 Å². The Labute approximate surface area is 250 Å². The first-order valence-corrected chi connectivity index (χ1v) is 13.2. The number of nitrogens with zero attached hydrogens (tertiary/aromatic N) is 7. The predicted octanol–water partition coefficient (Wildman–Crippen LogP) is 4.61. The van der Waals surface area contributed by atoms with Gasteiger partial charge >= 0.3 is 0 Å². The van der Waals surface area contributed by atoms with Crippen molar-refractivity contribution < 1.29 is 19.5 Å². The van der Waals surface area contributed by atoms with Crippen LogP contribution in [0.15, 0.2) is 89.5 Å². The fourth-order valence-electron chi connectivity index (χ4n) is 4.21. The molecule has 44 heavy (non-hydrogen) atoms. The van der Waals surface area contributed by atoms with Gasteiger partial charge in [-0.05, 0) is 54.1 Å². The van der Waals surface area contributed by atoms with Crippen molar-refractivity contribution in [2.75, 3.05) is 18.4 Å². The van der Waals surface area contributed by atoms with Gasteiger partial charge in [-0.15, -0.1) is 10.2 Å². The lowest BCUT2D eigenvalue weighted by Gasteiger charge is -2.13. The van der Waals surface area contributed by atoms with Crippen molar-refractivity contribution in [3.8, 4) is 11.7 Å². The highest BCUT2D eigenvalue weighted by atomic mass is 16.3. The molecule has 0 bridgehead atoms. The van der Waals surface area contributed by atoms with Gasteiger partial charge in [-0.25, -0.2) is 14.8 Å². The molecular weight excluding hydrogens is 564 g/mol. The molecule has 2 heterocycles. The highest BCUT2D eigenvalue weighted by Crippen LogP contribution is 2.40. The van der Waals surface area contributed by atoms with Gasteiger partial charge in [0.05, 0.1) is 24.9 Å². The Bertz CT molecular complexity index is 1930. The Balaban J connectivity index is 1.58. The highest BCUT2D eigenvalue weighted by molar-refractivity contribution is 6.17. The van der Waals surface area contributed by atoms with Crippen LogP contribution in [-0.4, -0.2) is 55.7 Å². The predicted molar refractivity (Wildman–Crippen MR) is 161 cm³/mol. The third-order valence-corrected chi connectivity index (χ3v) is 6.24. The number of rotatable bonds is 9. The lowest BCUT2D eigenvalue weighted by Crippen LogP contribution is -2.36. The number of amides is 3.